The summed E-state index contributed by atoms with van der Waals surface area (Å²) in [6.07, 6.45) is 5.21. The van der Waals surface area contributed by atoms with Crippen LogP contribution < -0.4 is 0 Å². The number of morpholine rings is 1. The highest BCUT2D eigenvalue weighted by atomic mass is 16.5. The Morgan fingerprint density at radius 1 is 1.15 bits per heavy atom. The molecule has 0 aliphatic carbocycles. The van der Waals surface area contributed by atoms with Gasteiger partial charge in [0.15, 0.2) is 0 Å². The Kier molecular flexibility index (Phi) is 6.44. The molecule has 0 atom stereocenters. The lowest BCUT2D eigenvalue weighted by atomic mass is 10.0. The lowest BCUT2D eigenvalue weighted by Crippen LogP contribution is -2.37. The first-order chi connectivity index (χ1) is 16.5. The number of hydrogen-bond donors (Lipinski definition) is 2. The Bertz CT molecular complexity index is 1270. The molecule has 1 aromatic carbocycles. The molecule has 1 fully saturated rings. The van der Waals surface area contributed by atoms with Gasteiger partial charge in [-0.1, -0.05) is 18.2 Å². The fourth-order valence-corrected chi connectivity index (χ4v) is 4.80. The molecule has 2 N–H and O–H groups in total. The summed E-state index contributed by atoms with van der Waals surface area (Å²) in [5.74, 6) is 0.814. The van der Waals surface area contributed by atoms with Gasteiger partial charge in [-0.3, -0.25) is 4.90 Å². The van der Waals surface area contributed by atoms with Gasteiger partial charge in [0, 0.05) is 48.0 Å². The molecule has 2 aliphatic heterocycles. The van der Waals surface area contributed by atoms with E-state index in [1.807, 2.05) is 0 Å². The summed E-state index contributed by atoms with van der Waals surface area (Å²) in [5.41, 5.74) is 8.74. The average molecular weight is 459 g/mol. The number of benzene rings is 1. The van der Waals surface area contributed by atoms with E-state index in [1.165, 1.54) is 16.5 Å². The molecule has 0 amide bonds. The van der Waals surface area contributed by atoms with Crippen LogP contribution >= 0.6 is 0 Å². The van der Waals surface area contributed by atoms with Crippen LogP contribution in [0.4, 0.5) is 0 Å². The van der Waals surface area contributed by atoms with E-state index in [4.69, 9.17) is 14.5 Å². The van der Waals surface area contributed by atoms with Gasteiger partial charge in [-0.15, -0.1) is 0 Å². The normalized spacial score (nSPS) is 18.2. The van der Waals surface area contributed by atoms with Gasteiger partial charge in [0.1, 0.15) is 11.5 Å². The number of aromatic nitrogens is 2. The van der Waals surface area contributed by atoms with Crippen molar-refractivity contribution < 1.29 is 9.47 Å². The molecule has 178 valence electrons. The maximum atomic E-state index is 6.19. The molecule has 2 aromatic heterocycles. The summed E-state index contributed by atoms with van der Waals surface area (Å²) >= 11 is 0. The first-order valence-electron chi connectivity index (χ1n) is 12.2. The molecule has 0 bridgehead atoms. The minimum absolute atomic E-state index is 0.0687. The van der Waals surface area contributed by atoms with Crippen molar-refractivity contribution in [1.29, 1.82) is 0 Å². The monoisotopic (exact) mass is 458 g/mol. The number of aromatic amines is 2. The smallest absolute Gasteiger partial charge is 0.147 e. The third-order valence-corrected chi connectivity index (χ3v) is 6.45. The fourth-order valence-electron chi connectivity index (χ4n) is 4.80. The highest BCUT2D eigenvalue weighted by molar-refractivity contribution is 6.14. The summed E-state index contributed by atoms with van der Waals surface area (Å²) in [7, 11) is 0. The van der Waals surface area contributed by atoms with Gasteiger partial charge in [-0.2, -0.15) is 0 Å². The highest BCUT2D eigenvalue weighted by Crippen LogP contribution is 2.31. The minimum atomic E-state index is 0.0687. The molecule has 5 rings (SSSR count). The number of H-pyrrole nitrogens is 2. The van der Waals surface area contributed by atoms with Gasteiger partial charge in [-0.05, 0) is 63.5 Å². The number of allylic oxidation sites excluding steroid dienone is 1. The van der Waals surface area contributed by atoms with Crippen molar-refractivity contribution >= 4 is 22.7 Å². The largest absolute Gasteiger partial charge is 0.489 e. The van der Waals surface area contributed by atoms with E-state index >= 15 is 0 Å². The quantitative estimate of drug-likeness (QED) is 0.515. The van der Waals surface area contributed by atoms with Crippen LogP contribution in [-0.4, -0.2) is 59.5 Å². The summed E-state index contributed by atoms with van der Waals surface area (Å²) < 4.78 is 11.7. The van der Waals surface area contributed by atoms with Gasteiger partial charge in [0.2, 0.25) is 0 Å². The molecule has 0 saturated carbocycles. The summed E-state index contributed by atoms with van der Waals surface area (Å²) in [6.45, 7) is 12.9. The van der Waals surface area contributed by atoms with Crippen LogP contribution in [0.3, 0.4) is 0 Å². The number of fused-ring (bicyclic) bond motifs is 1. The van der Waals surface area contributed by atoms with E-state index in [1.54, 1.807) is 0 Å². The zero-order chi connectivity index (χ0) is 23.7. The van der Waals surface area contributed by atoms with E-state index in [9.17, 15) is 0 Å². The molecular formula is C28H34N4O2. The van der Waals surface area contributed by atoms with Gasteiger partial charge in [0.05, 0.1) is 30.7 Å². The van der Waals surface area contributed by atoms with Crippen molar-refractivity contribution in [2.45, 2.75) is 40.2 Å². The number of aryl methyl sites for hydroxylation is 2. The standard InChI is InChI=1S/C28H34N4O2/c1-18(2)34-27-17-26(30-25(27)16-24-19(3)15-20(4)29-24)28-22(9-10-32-11-13-33-14-12-32)21-7-5-6-8-23(21)31-28/h5-8,15-18,29,31H,9-14H2,1-4H3. The van der Waals surface area contributed by atoms with Gasteiger partial charge < -0.3 is 19.4 Å². The van der Waals surface area contributed by atoms with E-state index in [0.717, 1.165) is 79.0 Å². The van der Waals surface area contributed by atoms with Crippen LogP contribution in [0.5, 0.6) is 0 Å². The third kappa shape index (κ3) is 4.74. The topological polar surface area (TPSA) is 65.6 Å². The number of nitrogens with one attached hydrogen (secondary N) is 2. The van der Waals surface area contributed by atoms with Crippen molar-refractivity contribution in [3.05, 3.63) is 76.1 Å². The SMILES string of the molecule is Cc1cc(C)c(C=C2N=C(c3[nH]c4ccccc4c3CCN3CCOCC3)C=C2OC(C)C)[nH]1. The minimum Gasteiger partial charge on any atom is -0.489 e. The van der Waals surface area contributed by atoms with Gasteiger partial charge in [0.25, 0.3) is 0 Å². The Hall–Kier alpha value is -3.09. The molecule has 6 nitrogen and oxygen atoms in total. The highest BCUT2D eigenvalue weighted by Gasteiger charge is 2.24. The number of ether oxygens (including phenoxy) is 2. The molecule has 0 radical (unpaired) electrons. The maximum Gasteiger partial charge on any atom is 0.147 e. The van der Waals surface area contributed by atoms with Crippen molar-refractivity contribution in [1.82, 2.24) is 14.9 Å². The van der Waals surface area contributed by atoms with Crippen LogP contribution in [0, 0.1) is 13.8 Å². The van der Waals surface area contributed by atoms with Crippen LogP contribution in [0.15, 0.2) is 52.9 Å². The van der Waals surface area contributed by atoms with Gasteiger partial charge in [-0.25, -0.2) is 4.99 Å². The molecule has 2 aliphatic rings. The molecule has 1 saturated heterocycles. The lowest BCUT2D eigenvalue weighted by Gasteiger charge is -2.26. The van der Waals surface area contributed by atoms with Crippen molar-refractivity contribution in [3.63, 3.8) is 0 Å². The Balaban J connectivity index is 1.53. The van der Waals surface area contributed by atoms with Crippen molar-refractivity contribution in [2.75, 3.05) is 32.8 Å². The first kappa shape index (κ1) is 22.7. The molecular weight excluding hydrogens is 424 g/mol. The van der Waals surface area contributed by atoms with E-state index in [2.05, 4.69) is 85.0 Å². The fraction of sp³-hybridized carbons (Fsp3) is 0.393. The lowest BCUT2D eigenvalue weighted by molar-refractivity contribution is 0.0385. The number of nitrogens with zero attached hydrogens (tertiary/aromatic N) is 2. The Labute approximate surface area is 201 Å². The summed E-state index contributed by atoms with van der Waals surface area (Å²) in [5, 5.41) is 1.27. The number of hydrogen-bond acceptors (Lipinski definition) is 4. The number of para-hydroxylation sites is 1. The Morgan fingerprint density at radius 3 is 2.68 bits per heavy atom. The van der Waals surface area contributed by atoms with Crippen molar-refractivity contribution in [3.8, 4) is 0 Å². The number of rotatable bonds is 7. The first-order valence-corrected chi connectivity index (χ1v) is 12.2. The van der Waals surface area contributed by atoms with Crippen LogP contribution in [0.1, 0.15) is 42.1 Å². The average Bonchev–Trinajstić information content (AvgIpc) is 3.48. The van der Waals surface area contributed by atoms with Gasteiger partial charge >= 0.3 is 0 Å². The molecule has 3 aromatic rings. The maximum absolute atomic E-state index is 6.19. The van der Waals surface area contributed by atoms with Crippen LogP contribution in [0.25, 0.3) is 17.0 Å². The van der Waals surface area contributed by atoms with Crippen LogP contribution in [-0.2, 0) is 15.9 Å². The predicted molar refractivity (Wildman–Crippen MR) is 138 cm³/mol. The zero-order valence-corrected chi connectivity index (χ0v) is 20.6. The number of aliphatic imine (C=N–C) groups is 1. The second kappa shape index (κ2) is 9.65. The molecule has 6 heteroatoms. The van der Waals surface area contributed by atoms with E-state index in [-0.39, 0.29) is 6.10 Å². The van der Waals surface area contributed by atoms with Crippen LogP contribution in [0.2, 0.25) is 0 Å². The van der Waals surface area contributed by atoms with Crippen molar-refractivity contribution in [2.24, 2.45) is 4.99 Å². The summed E-state index contributed by atoms with van der Waals surface area (Å²) in [6, 6.07) is 10.7. The molecule has 0 spiro atoms. The van der Waals surface area contributed by atoms with E-state index in [0.29, 0.717) is 0 Å². The predicted octanol–water partition coefficient (Wildman–Crippen LogP) is 5.14. The summed E-state index contributed by atoms with van der Waals surface area (Å²) in [4.78, 5) is 14.6. The second-order valence-electron chi connectivity index (χ2n) is 9.48. The second-order valence-corrected chi connectivity index (χ2v) is 9.48. The zero-order valence-electron chi connectivity index (χ0n) is 20.6. The Morgan fingerprint density at radius 2 is 1.94 bits per heavy atom. The van der Waals surface area contributed by atoms with E-state index < -0.39 is 0 Å². The molecule has 4 heterocycles. The molecule has 34 heavy (non-hydrogen) atoms. The third-order valence-electron chi connectivity index (χ3n) is 6.45. The molecule has 0 unspecified atom stereocenters.